The molecule has 86 valence electrons. The van der Waals surface area contributed by atoms with Gasteiger partial charge in [0.15, 0.2) is 0 Å². The van der Waals surface area contributed by atoms with Gasteiger partial charge in [-0.2, -0.15) is 5.26 Å². The molecule has 0 aliphatic heterocycles. The van der Waals surface area contributed by atoms with Crippen LogP contribution in [-0.2, 0) is 13.0 Å². The summed E-state index contributed by atoms with van der Waals surface area (Å²) in [4.78, 5) is 0. The first-order valence-corrected chi connectivity index (χ1v) is 5.59. The molecule has 2 rings (SSSR count). The van der Waals surface area contributed by atoms with Gasteiger partial charge in [0.05, 0.1) is 30.4 Å². The minimum absolute atomic E-state index is 0.298. The highest BCUT2D eigenvalue weighted by Gasteiger charge is 2.08. The molecule has 5 heteroatoms. The van der Waals surface area contributed by atoms with Crippen LogP contribution in [0.2, 0.25) is 5.02 Å². The second-order valence-corrected chi connectivity index (χ2v) is 4.18. The maximum absolute atomic E-state index is 8.63. The van der Waals surface area contributed by atoms with Crippen LogP contribution in [0.25, 0.3) is 0 Å². The molecule has 0 unspecified atom stereocenters. The van der Waals surface area contributed by atoms with E-state index < -0.39 is 0 Å². The summed E-state index contributed by atoms with van der Waals surface area (Å²) in [5.74, 6) is 0. The molecule has 0 amide bonds. The Labute approximate surface area is 104 Å². The Morgan fingerprint density at radius 1 is 1.35 bits per heavy atom. The van der Waals surface area contributed by atoms with Gasteiger partial charge in [-0.3, -0.25) is 0 Å². The Hall–Kier alpha value is -1.86. The Bertz CT molecular complexity index is 551. The number of hydrogen-bond donors (Lipinski definition) is 0. The number of halogens is 1. The van der Waals surface area contributed by atoms with Crippen molar-refractivity contribution in [3.8, 4) is 6.07 Å². The van der Waals surface area contributed by atoms with Crippen LogP contribution < -0.4 is 0 Å². The highest BCUT2D eigenvalue weighted by Crippen LogP contribution is 2.12. The standard InChI is InChI=1S/C12H11ClN4/c1-9-12(6-7-14)15-16-17(9)8-10-2-4-11(13)5-3-10/h2-5H,6,8H2,1H3. The van der Waals surface area contributed by atoms with E-state index in [-0.39, 0.29) is 0 Å². The Kier molecular flexibility index (Phi) is 3.40. The van der Waals surface area contributed by atoms with Crippen molar-refractivity contribution in [2.24, 2.45) is 0 Å². The zero-order valence-electron chi connectivity index (χ0n) is 9.39. The fourth-order valence-electron chi connectivity index (χ4n) is 1.55. The molecular formula is C12H11ClN4. The number of hydrogen-bond acceptors (Lipinski definition) is 3. The van der Waals surface area contributed by atoms with Crippen LogP contribution in [0.5, 0.6) is 0 Å². The molecule has 1 aromatic carbocycles. The monoisotopic (exact) mass is 246 g/mol. The van der Waals surface area contributed by atoms with Crippen molar-refractivity contribution in [2.75, 3.05) is 0 Å². The summed E-state index contributed by atoms with van der Waals surface area (Å²) in [6.45, 7) is 2.56. The lowest BCUT2D eigenvalue weighted by Gasteiger charge is -2.03. The van der Waals surface area contributed by atoms with Gasteiger partial charge in [-0.1, -0.05) is 28.9 Å². The summed E-state index contributed by atoms with van der Waals surface area (Å²) in [6, 6.07) is 9.67. The SMILES string of the molecule is Cc1c(CC#N)nnn1Cc1ccc(Cl)cc1. The van der Waals surface area contributed by atoms with E-state index >= 15 is 0 Å². The first kappa shape index (κ1) is 11.6. The van der Waals surface area contributed by atoms with E-state index in [2.05, 4.69) is 16.4 Å². The van der Waals surface area contributed by atoms with Gasteiger partial charge in [0.25, 0.3) is 0 Å². The molecule has 0 saturated carbocycles. The van der Waals surface area contributed by atoms with Crippen molar-refractivity contribution in [1.82, 2.24) is 15.0 Å². The summed E-state index contributed by atoms with van der Waals surface area (Å²) in [7, 11) is 0. The van der Waals surface area contributed by atoms with E-state index in [0.29, 0.717) is 18.0 Å². The Balaban J connectivity index is 2.19. The van der Waals surface area contributed by atoms with Crippen LogP contribution in [0.3, 0.4) is 0 Å². The summed E-state index contributed by atoms with van der Waals surface area (Å²) in [6.07, 6.45) is 0.298. The van der Waals surface area contributed by atoms with E-state index in [4.69, 9.17) is 16.9 Å². The molecule has 4 nitrogen and oxygen atoms in total. The number of nitrogens with zero attached hydrogens (tertiary/aromatic N) is 4. The molecule has 1 heterocycles. The van der Waals surface area contributed by atoms with Gasteiger partial charge in [-0.05, 0) is 24.6 Å². The van der Waals surface area contributed by atoms with Gasteiger partial charge in [0, 0.05) is 5.02 Å². The molecule has 0 radical (unpaired) electrons. The predicted molar refractivity (Wildman–Crippen MR) is 64.6 cm³/mol. The maximum Gasteiger partial charge on any atom is 0.0996 e. The molecule has 0 spiro atoms. The van der Waals surface area contributed by atoms with Crippen LogP contribution in [0.1, 0.15) is 17.0 Å². The minimum atomic E-state index is 0.298. The smallest absolute Gasteiger partial charge is 0.0996 e. The van der Waals surface area contributed by atoms with E-state index in [1.54, 1.807) is 4.68 Å². The highest BCUT2D eigenvalue weighted by atomic mass is 35.5. The van der Waals surface area contributed by atoms with Crippen molar-refractivity contribution >= 4 is 11.6 Å². The molecule has 0 fully saturated rings. The third kappa shape index (κ3) is 2.63. The maximum atomic E-state index is 8.63. The van der Waals surface area contributed by atoms with Crippen molar-refractivity contribution in [2.45, 2.75) is 19.9 Å². The molecule has 0 saturated heterocycles. The van der Waals surface area contributed by atoms with Crippen molar-refractivity contribution in [3.63, 3.8) is 0 Å². The van der Waals surface area contributed by atoms with Gasteiger partial charge in [0.1, 0.15) is 0 Å². The molecule has 2 aromatic rings. The number of nitriles is 1. The fourth-order valence-corrected chi connectivity index (χ4v) is 1.67. The molecular weight excluding hydrogens is 236 g/mol. The number of aromatic nitrogens is 3. The fraction of sp³-hybridized carbons (Fsp3) is 0.250. The van der Waals surface area contributed by atoms with Crippen LogP contribution in [0.4, 0.5) is 0 Å². The quantitative estimate of drug-likeness (QED) is 0.835. The Morgan fingerprint density at radius 2 is 2.06 bits per heavy atom. The molecule has 0 aliphatic rings. The summed E-state index contributed by atoms with van der Waals surface area (Å²) in [5.41, 5.74) is 2.77. The van der Waals surface area contributed by atoms with Crippen molar-refractivity contribution in [3.05, 3.63) is 46.2 Å². The lowest BCUT2D eigenvalue weighted by Crippen LogP contribution is -2.04. The topological polar surface area (TPSA) is 54.5 Å². The second-order valence-electron chi connectivity index (χ2n) is 3.74. The van der Waals surface area contributed by atoms with E-state index in [1.165, 1.54) is 0 Å². The first-order chi connectivity index (χ1) is 8.20. The van der Waals surface area contributed by atoms with Crippen LogP contribution >= 0.6 is 11.6 Å². The number of benzene rings is 1. The van der Waals surface area contributed by atoms with Crippen LogP contribution in [-0.4, -0.2) is 15.0 Å². The average molecular weight is 247 g/mol. The second kappa shape index (κ2) is 4.98. The van der Waals surface area contributed by atoms with Crippen molar-refractivity contribution in [1.29, 1.82) is 5.26 Å². The zero-order valence-corrected chi connectivity index (χ0v) is 10.1. The summed E-state index contributed by atoms with van der Waals surface area (Å²) < 4.78 is 1.79. The summed E-state index contributed by atoms with van der Waals surface area (Å²) >= 11 is 5.82. The zero-order chi connectivity index (χ0) is 12.3. The van der Waals surface area contributed by atoms with Gasteiger partial charge in [0.2, 0.25) is 0 Å². The normalized spacial score (nSPS) is 10.2. The van der Waals surface area contributed by atoms with Gasteiger partial charge in [-0.25, -0.2) is 4.68 Å². The van der Waals surface area contributed by atoms with Crippen molar-refractivity contribution < 1.29 is 0 Å². The molecule has 1 aromatic heterocycles. The molecule has 0 atom stereocenters. The first-order valence-electron chi connectivity index (χ1n) is 5.21. The van der Waals surface area contributed by atoms with E-state index in [0.717, 1.165) is 17.0 Å². The molecule has 17 heavy (non-hydrogen) atoms. The van der Waals surface area contributed by atoms with Gasteiger partial charge >= 0.3 is 0 Å². The van der Waals surface area contributed by atoms with E-state index in [9.17, 15) is 0 Å². The van der Waals surface area contributed by atoms with Gasteiger partial charge < -0.3 is 0 Å². The third-order valence-corrected chi connectivity index (χ3v) is 2.82. The van der Waals surface area contributed by atoms with Gasteiger partial charge in [-0.15, -0.1) is 5.10 Å². The average Bonchev–Trinajstić information content (AvgIpc) is 2.65. The number of rotatable bonds is 3. The molecule has 0 bridgehead atoms. The molecule has 0 aliphatic carbocycles. The lowest BCUT2D eigenvalue weighted by atomic mass is 10.2. The largest absolute Gasteiger partial charge is 0.245 e. The summed E-state index contributed by atoms with van der Waals surface area (Å²) in [5, 5.41) is 17.4. The highest BCUT2D eigenvalue weighted by molar-refractivity contribution is 6.30. The van der Waals surface area contributed by atoms with E-state index in [1.807, 2.05) is 31.2 Å². The third-order valence-electron chi connectivity index (χ3n) is 2.57. The van der Waals surface area contributed by atoms with Crippen LogP contribution in [0.15, 0.2) is 24.3 Å². The minimum Gasteiger partial charge on any atom is -0.245 e. The molecule has 0 N–H and O–H groups in total. The lowest BCUT2D eigenvalue weighted by molar-refractivity contribution is 0.633. The van der Waals surface area contributed by atoms with Crippen LogP contribution in [0, 0.1) is 18.3 Å². The Morgan fingerprint density at radius 3 is 2.71 bits per heavy atom. The predicted octanol–water partition coefficient (Wildman–Crippen LogP) is 2.35.